The largest absolute Gasteiger partial charge is 0.465 e. The zero-order valence-corrected chi connectivity index (χ0v) is 12.8. The van der Waals surface area contributed by atoms with Crippen molar-refractivity contribution < 1.29 is 9.90 Å². The van der Waals surface area contributed by atoms with E-state index in [0.29, 0.717) is 0 Å². The molecule has 21 heavy (non-hydrogen) atoms. The highest BCUT2D eigenvalue weighted by Crippen LogP contribution is 2.19. The molecule has 6 nitrogen and oxygen atoms in total. The van der Waals surface area contributed by atoms with Crippen LogP contribution in [0.15, 0.2) is 6.07 Å². The maximum absolute atomic E-state index is 10.7. The van der Waals surface area contributed by atoms with Crippen LogP contribution in [-0.2, 0) is 6.42 Å². The molecule has 116 valence electrons. The normalized spacial score (nSPS) is 16.0. The number of anilines is 1. The highest BCUT2D eigenvalue weighted by atomic mass is 16.4. The van der Waals surface area contributed by atoms with Crippen LogP contribution in [0.1, 0.15) is 44.1 Å². The first-order valence-electron chi connectivity index (χ1n) is 7.67. The summed E-state index contributed by atoms with van der Waals surface area (Å²) in [6.07, 6.45) is 3.86. The van der Waals surface area contributed by atoms with Crippen LogP contribution >= 0.6 is 0 Å². The molecule has 2 N–H and O–H groups in total. The summed E-state index contributed by atoms with van der Waals surface area (Å²) in [5, 5.41) is 11.3. The molecule has 0 saturated carbocycles. The predicted octanol–water partition coefficient (Wildman–Crippen LogP) is 2.36. The third-order valence-corrected chi connectivity index (χ3v) is 3.79. The van der Waals surface area contributed by atoms with Gasteiger partial charge in [-0.15, -0.1) is 0 Å². The average Bonchev–Trinajstić information content (AvgIpc) is 2.44. The summed E-state index contributed by atoms with van der Waals surface area (Å²) in [6.45, 7) is 5.82. The first-order chi connectivity index (χ1) is 10.1. The third-order valence-electron chi connectivity index (χ3n) is 3.79. The van der Waals surface area contributed by atoms with Gasteiger partial charge in [-0.05, 0) is 26.2 Å². The molecule has 2 rings (SSSR count). The summed E-state index contributed by atoms with van der Waals surface area (Å²) in [5.41, 5.74) is 0.997. The highest BCUT2D eigenvalue weighted by Gasteiger charge is 2.21. The van der Waals surface area contributed by atoms with E-state index in [1.807, 2.05) is 13.0 Å². The fraction of sp³-hybridized carbons (Fsp3) is 0.667. The number of hydrogen-bond donors (Lipinski definition) is 2. The van der Waals surface area contributed by atoms with Gasteiger partial charge in [0.25, 0.3) is 0 Å². The minimum Gasteiger partial charge on any atom is -0.465 e. The van der Waals surface area contributed by atoms with E-state index in [0.717, 1.165) is 62.5 Å². The number of rotatable bonds is 5. The fourth-order valence-corrected chi connectivity index (χ4v) is 2.65. The number of piperidine rings is 1. The van der Waals surface area contributed by atoms with Crippen molar-refractivity contribution in [1.82, 2.24) is 15.3 Å². The summed E-state index contributed by atoms with van der Waals surface area (Å²) in [5.74, 6) is 1.89. The van der Waals surface area contributed by atoms with E-state index >= 15 is 0 Å². The van der Waals surface area contributed by atoms with Gasteiger partial charge >= 0.3 is 6.09 Å². The Balaban J connectivity index is 1.99. The van der Waals surface area contributed by atoms with Gasteiger partial charge in [0.1, 0.15) is 11.6 Å². The smallest absolute Gasteiger partial charge is 0.404 e. The van der Waals surface area contributed by atoms with Gasteiger partial charge in [-0.1, -0.05) is 13.3 Å². The number of nitrogens with zero attached hydrogens (tertiary/aromatic N) is 3. The fourth-order valence-electron chi connectivity index (χ4n) is 2.65. The third kappa shape index (κ3) is 4.58. The lowest BCUT2D eigenvalue weighted by atomic mass is 10.1. The minimum absolute atomic E-state index is 0.0567. The number of unbranched alkanes of at least 4 members (excludes halogenated alkanes) is 1. The van der Waals surface area contributed by atoms with E-state index < -0.39 is 6.09 Å². The lowest BCUT2D eigenvalue weighted by Crippen LogP contribution is -2.44. The summed E-state index contributed by atoms with van der Waals surface area (Å²) < 4.78 is 0. The summed E-state index contributed by atoms with van der Waals surface area (Å²) in [7, 11) is 0. The molecule has 1 saturated heterocycles. The first kappa shape index (κ1) is 15.5. The van der Waals surface area contributed by atoms with E-state index in [4.69, 9.17) is 5.11 Å². The summed E-state index contributed by atoms with van der Waals surface area (Å²) in [6, 6.07) is 2.07. The zero-order valence-electron chi connectivity index (χ0n) is 12.8. The molecule has 1 aromatic rings. The second kappa shape index (κ2) is 7.24. The van der Waals surface area contributed by atoms with Crippen LogP contribution in [0.3, 0.4) is 0 Å². The Bertz CT molecular complexity index is 485. The zero-order chi connectivity index (χ0) is 15.2. The molecule has 0 unspecified atom stereocenters. The minimum atomic E-state index is -0.937. The van der Waals surface area contributed by atoms with Crippen LogP contribution in [0, 0.1) is 6.92 Å². The van der Waals surface area contributed by atoms with Gasteiger partial charge in [-0.2, -0.15) is 0 Å². The highest BCUT2D eigenvalue weighted by molar-refractivity contribution is 5.64. The van der Waals surface area contributed by atoms with Gasteiger partial charge in [0.15, 0.2) is 0 Å². The Labute approximate surface area is 125 Å². The van der Waals surface area contributed by atoms with Crippen molar-refractivity contribution in [3.63, 3.8) is 0 Å². The van der Waals surface area contributed by atoms with Crippen LogP contribution in [0.5, 0.6) is 0 Å². The van der Waals surface area contributed by atoms with Gasteiger partial charge in [0.05, 0.1) is 0 Å². The molecule has 6 heteroatoms. The lowest BCUT2D eigenvalue weighted by molar-refractivity contribution is 0.187. The molecule has 1 aromatic heterocycles. The van der Waals surface area contributed by atoms with E-state index in [1.165, 1.54) is 0 Å². The standard InChI is InChI=1S/C15H24N4O2/c1-3-4-5-13-16-11(2)10-14(18-13)19-8-6-12(7-9-19)17-15(20)21/h10,12,17H,3-9H2,1-2H3,(H,20,21). The molecule has 1 fully saturated rings. The van der Waals surface area contributed by atoms with Crippen LogP contribution < -0.4 is 10.2 Å². The van der Waals surface area contributed by atoms with Crippen LogP contribution in [0.2, 0.25) is 0 Å². The number of aromatic nitrogens is 2. The van der Waals surface area contributed by atoms with Gasteiger partial charge in [-0.3, -0.25) is 0 Å². The van der Waals surface area contributed by atoms with Crippen molar-refractivity contribution in [3.05, 3.63) is 17.6 Å². The molecule has 1 amide bonds. The van der Waals surface area contributed by atoms with Gasteiger partial charge in [0.2, 0.25) is 0 Å². The number of aryl methyl sites for hydroxylation is 2. The second-order valence-corrected chi connectivity index (χ2v) is 5.60. The Hall–Kier alpha value is -1.85. The molecule has 2 heterocycles. The van der Waals surface area contributed by atoms with Gasteiger partial charge in [0, 0.05) is 37.3 Å². The number of nitrogens with one attached hydrogen (secondary N) is 1. The van der Waals surface area contributed by atoms with Crippen molar-refractivity contribution in [2.45, 2.75) is 52.0 Å². The van der Waals surface area contributed by atoms with Crippen molar-refractivity contribution >= 4 is 11.9 Å². The molecular weight excluding hydrogens is 268 g/mol. The topological polar surface area (TPSA) is 78.4 Å². The Morgan fingerprint density at radius 1 is 1.43 bits per heavy atom. The van der Waals surface area contributed by atoms with E-state index in [2.05, 4.69) is 27.1 Å². The first-order valence-corrected chi connectivity index (χ1v) is 7.67. The quantitative estimate of drug-likeness (QED) is 0.871. The number of amides is 1. The molecule has 0 radical (unpaired) electrons. The molecule has 1 aliphatic rings. The number of carbonyl (C=O) groups is 1. The van der Waals surface area contributed by atoms with Gasteiger partial charge < -0.3 is 15.3 Å². The van der Waals surface area contributed by atoms with Crippen LogP contribution in [0.4, 0.5) is 10.6 Å². The summed E-state index contributed by atoms with van der Waals surface area (Å²) >= 11 is 0. The molecule has 0 atom stereocenters. The second-order valence-electron chi connectivity index (χ2n) is 5.60. The van der Waals surface area contributed by atoms with Crippen molar-refractivity contribution in [2.24, 2.45) is 0 Å². The van der Waals surface area contributed by atoms with Gasteiger partial charge in [-0.25, -0.2) is 14.8 Å². The lowest BCUT2D eigenvalue weighted by Gasteiger charge is -2.32. The molecule has 0 bridgehead atoms. The monoisotopic (exact) mass is 292 g/mol. The molecule has 1 aliphatic heterocycles. The van der Waals surface area contributed by atoms with Crippen molar-refractivity contribution in [3.8, 4) is 0 Å². The Morgan fingerprint density at radius 3 is 2.76 bits per heavy atom. The Kier molecular flexibility index (Phi) is 5.36. The molecular formula is C15H24N4O2. The van der Waals surface area contributed by atoms with Crippen LogP contribution in [0.25, 0.3) is 0 Å². The number of hydrogen-bond acceptors (Lipinski definition) is 4. The van der Waals surface area contributed by atoms with E-state index in [1.54, 1.807) is 0 Å². The van der Waals surface area contributed by atoms with Crippen LogP contribution in [-0.4, -0.2) is 40.3 Å². The summed E-state index contributed by atoms with van der Waals surface area (Å²) in [4.78, 5) is 22.0. The van der Waals surface area contributed by atoms with E-state index in [9.17, 15) is 4.79 Å². The van der Waals surface area contributed by atoms with Crippen molar-refractivity contribution in [1.29, 1.82) is 0 Å². The molecule has 0 aliphatic carbocycles. The molecule has 0 spiro atoms. The maximum Gasteiger partial charge on any atom is 0.404 e. The van der Waals surface area contributed by atoms with Crippen molar-refractivity contribution in [2.75, 3.05) is 18.0 Å². The molecule has 0 aromatic carbocycles. The average molecular weight is 292 g/mol. The van der Waals surface area contributed by atoms with E-state index in [-0.39, 0.29) is 6.04 Å². The maximum atomic E-state index is 10.7. The predicted molar refractivity (Wildman–Crippen MR) is 81.8 cm³/mol. The Morgan fingerprint density at radius 2 is 2.14 bits per heavy atom. The number of carboxylic acid groups (broad SMARTS) is 1. The SMILES string of the molecule is CCCCc1nc(C)cc(N2CCC(NC(=O)O)CC2)n1.